The van der Waals surface area contributed by atoms with Gasteiger partial charge in [-0.1, -0.05) is 18.2 Å². The number of nitrogens with two attached hydrogens (primary N) is 1. The van der Waals surface area contributed by atoms with Crippen LogP contribution in [0.3, 0.4) is 0 Å². The number of piperidine rings is 6. The van der Waals surface area contributed by atoms with Crippen molar-refractivity contribution in [2.75, 3.05) is 113 Å². The predicted molar refractivity (Wildman–Crippen MR) is 346 cm³/mol. The molecule has 6 heterocycles. The number of carbonyl (C=O) groups excluding carboxylic acids is 6. The molecule has 20 heteroatoms. The van der Waals surface area contributed by atoms with E-state index in [9.17, 15) is 39.3 Å². The SMILES string of the molecule is CCOC(=O)C1CCN(c2cc(C#N)ccc2C2CCN(C(=O)OC(C)(C)C)CC2)CC1.CCOC(=O)C1CCN(c2cc(C#N)ccc2C2CCNCC2)CC1.CCOC(=O)C1CCN(c2cc(C(N)=O)ccc2C2CCN(C(=O)OC(C)(C)C)CC2)CC1. The molecule has 3 amide bonds. The van der Waals surface area contributed by atoms with E-state index in [2.05, 4.69) is 44.3 Å². The monoisotopic (exact) mass is 1240 g/mol. The number of amides is 3. The Morgan fingerprint density at radius 1 is 0.467 bits per heavy atom. The van der Waals surface area contributed by atoms with Crippen molar-refractivity contribution in [2.45, 2.75) is 168 Å². The van der Waals surface area contributed by atoms with Crippen LogP contribution in [0.1, 0.15) is 195 Å². The number of rotatable bonds is 13. The Morgan fingerprint density at radius 3 is 1.08 bits per heavy atom. The summed E-state index contributed by atoms with van der Waals surface area (Å²) in [7, 11) is 0. The van der Waals surface area contributed by atoms with Gasteiger partial charge in [0.05, 0.1) is 60.8 Å². The van der Waals surface area contributed by atoms with E-state index in [4.69, 9.17) is 29.4 Å². The van der Waals surface area contributed by atoms with E-state index in [1.807, 2.05) is 98.7 Å². The Morgan fingerprint density at radius 2 is 0.778 bits per heavy atom. The molecule has 3 N–H and O–H groups in total. The summed E-state index contributed by atoms with van der Waals surface area (Å²) in [6.45, 7) is 27.3. The molecule has 0 spiro atoms. The molecule has 6 aliphatic heterocycles. The highest BCUT2D eigenvalue weighted by atomic mass is 16.6. The van der Waals surface area contributed by atoms with Crippen molar-refractivity contribution in [1.82, 2.24) is 15.1 Å². The van der Waals surface area contributed by atoms with Crippen molar-refractivity contribution < 1.29 is 52.5 Å². The fourth-order valence-electron chi connectivity index (χ4n) is 13.2. The van der Waals surface area contributed by atoms with Gasteiger partial charge in [-0.15, -0.1) is 0 Å². The molecule has 0 bridgehead atoms. The van der Waals surface area contributed by atoms with Crippen LogP contribution in [0.25, 0.3) is 0 Å². The second-order valence-electron chi connectivity index (χ2n) is 26.5. The fraction of sp³-hybridized carbons (Fsp3) is 0.629. The number of anilines is 3. The Kier molecular flexibility index (Phi) is 25.6. The predicted octanol–water partition coefficient (Wildman–Crippen LogP) is 10.9. The standard InChI is InChI=1S/C25H37N3O5.C25H35N3O4.C20H27N3O2/c1-5-32-23(30)18-10-12-27(13-11-18)21-16-19(22(26)29)6-7-20(21)17-8-14-28(15-9-17)24(31)33-25(2,3)4;1-5-31-23(29)20-10-12-27(13-11-20)22-16-18(17-26)6-7-21(22)19-8-14-28(15-9-19)24(30)32-25(2,3)4;1-2-25-20(24)17-7-11-23(12-8-17)19-13-15(14-21)3-4-18(19)16-5-9-22-10-6-16/h6-7,16-18H,5,8-15H2,1-4H3,(H2,26,29);6-7,16,19-20H,5,8-15H2,1-4H3;3-4,13,16-17,22H,2,5-12H2,1H3. The third-order valence-electron chi connectivity index (χ3n) is 18.0. The van der Waals surface area contributed by atoms with Crippen LogP contribution in [0.5, 0.6) is 0 Å². The van der Waals surface area contributed by atoms with Gasteiger partial charge in [0.1, 0.15) is 11.2 Å². The van der Waals surface area contributed by atoms with Crippen molar-refractivity contribution in [3.05, 3.63) is 88.0 Å². The number of nitrogens with zero attached hydrogens (tertiary/aromatic N) is 7. The molecule has 0 aliphatic carbocycles. The van der Waals surface area contributed by atoms with Crippen LogP contribution in [0.15, 0.2) is 54.6 Å². The molecular weight excluding hydrogens is 1140 g/mol. The van der Waals surface area contributed by atoms with E-state index in [1.54, 1.807) is 15.9 Å². The zero-order chi connectivity index (χ0) is 65.1. The summed E-state index contributed by atoms with van der Waals surface area (Å²) < 4.78 is 26.6. The van der Waals surface area contributed by atoms with Crippen LogP contribution in [-0.4, -0.2) is 155 Å². The third kappa shape index (κ3) is 19.7. The number of esters is 3. The molecule has 6 fully saturated rings. The summed E-state index contributed by atoms with van der Waals surface area (Å²) in [5.41, 5.74) is 13.4. The Bertz CT molecular complexity index is 2990. The quantitative estimate of drug-likeness (QED) is 0.119. The molecule has 0 atom stereocenters. The van der Waals surface area contributed by atoms with Gasteiger partial charge in [-0.05, 0) is 223 Å². The van der Waals surface area contributed by atoms with Gasteiger partial charge >= 0.3 is 30.1 Å². The Hall–Kier alpha value is -7.58. The number of nitrogens with one attached hydrogen (secondary N) is 1. The highest BCUT2D eigenvalue weighted by Crippen LogP contribution is 2.41. The number of nitriles is 2. The maximum absolute atomic E-state index is 12.4. The van der Waals surface area contributed by atoms with E-state index >= 15 is 0 Å². The number of ether oxygens (including phenoxy) is 5. The van der Waals surface area contributed by atoms with Gasteiger partial charge in [0.15, 0.2) is 0 Å². The third-order valence-corrected chi connectivity index (χ3v) is 18.0. The van der Waals surface area contributed by atoms with Crippen LogP contribution in [0, 0.1) is 40.4 Å². The number of benzene rings is 3. The van der Waals surface area contributed by atoms with Crippen molar-refractivity contribution >= 4 is 53.1 Å². The first-order valence-corrected chi connectivity index (χ1v) is 33.0. The van der Waals surface area contributed by atoms with E-state index < -0.39 is 17.1 Å². The van der Waals surface area contributed by atoms with Crippen molar-refractivity contribution in [3.8, 4) is 12.1 Å². The molecule has 90 heavy (non-hydrogen) atoms. The van der Waals surface area contributed by atoms with Gasteiger partial charge < -0.3 is 59.2 Å². The molecule has 0 aromatic heterocycles. The lowest BCUT2D eigenvalue weighted by molar-refractivity contribution is -0.149. The summed E-state index contributed by atoms with van der Waals surface area (Å²) in [6.07, 6.45) is 9.70. The van der Waals surface area contributed by atoms with Gasteiger partial charge in [0.2, 0.25) is 5.91 Å². The lowest BCUT2D eigenvalue weighted by atomic mass is 9.86. The summed E-state index contributed by atoms with van der Waals surface area (Å²) in [5.74, 6) is 0.264. The molecule has 9 rings (SSSR count). The van der Waals surface area contributed by atoms with Gasteiger partial charge in [-0.3, -0.25) is 19.2 Å². The molecule has 0 saturated carbocycles. The normalized spacial score (nSPS) is 18.5. The molecule has 0 radical (unpaired) electrons. The summed E-state index contributed by atoms with van der Waals surface area (Å²) >= 11 is 0. The Balaban J connectivity index is 0.000000194. The lowest BCUT2D eigenvalue weighted by Gasteiger charge is -2.38. The number of hydrogen-bond donors (Lipinski definition) is 2. The van der Waals surface area contributed by atoms with Crippen LogP contribution in [0.2, 0.25) is 0 Å². The molecule has 0 unspecified atom stereocenters. The second kappa shape index (κ2) is 32.9. The number of likely N-dealkylation sites (tertiary alicyclic amines) is 2. The average Bonchev–Trinajstić information content (AvgIpc) is 1.41. The van der Waals surface area contributed by atoms with Crippen LogP contribution in [-0.2, 0) is 38.1 Å². The number of hydrogen-bond acceptors (Lipinski definition) is 17. The fourth-order valence-corrected chi connectivity index (χ4v) is 13.2. The van der Waals surface area contributed by atoms with Gasteiger partial charge in [0, 0.05) is 88.1 Å². The molecule has 3 aromatic carbocycles. The van der Waals surface area contributed by atoms with Crippen LogP contribution < -0.4 is 25.8 Å². The highest BCUT2D eigenvalue weighted by molar-refractivity contribution is 5.94. The minimum atomic E-state index is -0.513. The van der Waals surface area contributed by atoms with E-state index in [0.717, 1.165) is 141 Å². The van der Waals surface area contributed by atoms with Crippen LogP contribution >= 0.6 is 0 Å². The van der Waals surface area contributed by atoms with E-state index in [1.165, 1.54) is 22.4 Å². The molecule has 490 valence electrons. The first-order valence-electron chi connectivity index (χ1n) is 33.0. The minimum absolute atomic E-state index is 0.0117. The average molecular weight is 1240 g/mol. The van der Waals surface area contributed by atoms with E-state index in [-0.39, 0.29) is 53.8 Å². The van der Waals surface area contributed by atoms with Gasteiger partial charge in [-0.25, -0.2) is 9.59 Å². The second-order valence-corrected chi connectivity index (χ2v) is 26.5. The topological polar surface area (TPSA) is 250 Å². The van der Waals surface area contributed by atoms with Gasteiger partial charge in [-0.2, -0.15) is 10.5 Å². The first-order chi connectivity index (χ1) is 43.0. The Labute approximate surface area is 534 Å². The maximum Gasteiger partial charge on any atom is 0.410 e. The highest BCUT2D eigenvalue weighted by Gasteiger charge is 2.35. The van der Waals surface area contributed by atoms with E-state index in [0.29, 0.717) is 74.5 Å². The minimum Gasteiger partial charge on any atom is -0.466 e. The van der Waals surface area contributed by atoms with Gasteiger partial charge in [0.25, 0.3) is 0 Å². The molecule has 6 saturated heterocycles. The molecule has 6 aliphatic rings. The summed E-state index contributed by atoms with van der Waals surface area (Å²) in [4.78, 5) is 83.3. The summed E-state index contributed by atoms with van der Waals surface area (Å²) in [6, 6.07) is 22.2. The molecule has 3 aromatic rings. The zero-order valence-corrected chi connectivity index (χ0v) is 55.0. The smallest absolute Gasteiger partial charge is 0.410 e. The largest absolute Gasteiger partial charge is 0.466 e. The zero-order valence-electron chi connectivity index (χ0n) is 55.0. The van der Waals surface area contributed by atoms with Crippen molar-refractivity contribution in [2.24, 2.45) is 23.5 Å². The number of primary amides is 1. The first kappa shape index (κ1) is 69.9. The van der Waals surface area contributed by atoms with Crippen molar-refractivity contribution in [1.29, 1.82) is 10.5 Å². The van der Waals surface area contributed by atoms with Crippen molar-refractivity contribution in [3.63, 3.8) is 0 Å². The maximum atomic E-state index is 12.4. The molecule has 20 nitrogen and oxygen atoms in total. The molecular formula is C70H99N9O11. The lowest BCUT2D eigenvalue weighted by Crippen LogP contribution is -2.42. The van der Waals surface area contributed by atoms with Crippen LogP contribution in [0.4, 0.5) is 26.7 Å². The number of carbonyl (C=O) groups is 6. The summed E-state index contributed by atoms with van der Waals surface area (Å²) in [5, 5.41) is 22.2.